The number of cyclic esters (lactones) is 1. The molecule has 4 rings (SSSR count). The molecule has 364 valence electrons. The summed E-state index contributed by atoms with van der Waals surface area (Å²) in [5.74, 6) is -7.45. The minimum atomic E-state index is -2.40. The number of carbonyl (C=O) groups excluding carboxylic acids is 5. The van der Waals surface area contributed by atoms with E-state index in [0.29, 0.717) is 63.4 Å². The number of rotatable bonds is 6. The van der Waals surface area contributed by atoms with E-state index in [1.807, 2.05) is 19.9 Å². The molecule has 14 heteroatoms. The summed E-state index contributed by atoms with van der Waals surface area (Å²) in [7, 11) is 4.56. The lowest BCUT2D eigenvalue weighted by molar-refractivity contribution is -0.265. The Morgan fingerprint density at radius 2 is 1.58 bits per heavy atom. The number of ketones is 3. The van der Waals surface area contributed by atoms with Gasteiger partial charge in [0, 0.05) is 58.5 Å². The average Bonchev–Trinajstić information content (AvgIpc) is 3.27. The summed E-state index contributed by atoms with van der Waals surface area (Å²) in [6.07, 6.45) is 9.76. The molecule has 64 heavy (non-hydrogen) atoms. The van der Waals surface area contributed by atoms with Crippen LogP contribution in [0.25, 0.3) is 0 Å². The van der Waals surface area contributed by atoms with Gasteiger partial charge in [-0.3, -0.25) is 19.2 Å². The molecule has 0 unspecified atom stereocenters. The molecule has 3 N–H and O–H groups in total. The maximum Gasteiger partial charge on any atom is 0.329 e. The van der Waals surface area contributed by atoms with Crippen molar-refractivity contribution in [3.63, 3.8) is 0 Å². The number of allylic oxidation sites excluding steroid dienone is 2. The number of hydrogen-bond donors (Lipinski definition) is 3. The summed E-state index contributed by atoms with van der Waals surface area (Å²) in [6, 6.07) is -1.13. The lowest BCUT2D eigenvalue weighted by Gasteiger charge is -2.42. The maximum absolute atomic E-state index is 14.3. The second-order valence-corrected chi connectivity index (χ2v) is 19.8. The van der Waals surface area contributed by atoms with Crippen LogP contribution in [0.15, 0.2) is 23.8 Å². The van der Waals surface area contributed by atoms with E-state index in [1.54, 1.807) is 41.1 Å². The van der Waals surface area contributed by atoms with Gasteiger partial charge >= 0.3 is 5.97 Å². The number of hydrogen-bond acceptors (Lipinski definition) is 13. The Hall–Kier alpha value is -2.85. The van der Waals surface area contributed by atoms with Gasteiger partial charge in [0.1, 0.15) is 30.1 Å². The topological polar surface area (TPSA) is 195 Å². The van der Waals surface area contributed by atoms with Crippen LogP contribution < -0.4 is 0 Å². The molecule has 0 spiro atoms. The van der Waals surface area contributed by atoms with Gasteiger partial charge < -0.3 is 43.9 Å². The molecular weight excluding hydrogens is 823 g/mol. The van der Waals surface area contributed by atoms with Crippen molar-refractivity contribution in [1.82, 2.24) is 4.90 Å². The fourth-order valence-electron chi connectivity index (χ4n) is 10.4. The van der Waals surface area contributed by atoms with Gasteiger partial charge in [0.25, 0.3) is 11.7 Å². The number of methoxy groups -OCH3 is 3. The van der Waals surface area contributed by atoms with E-state index in [-0.39, 0.29) is 66.8 Å². The highest BCUT2D eigenvalue weighted by Gasteiger charge is 2.53. The number of amides is 1. The lowest BCUT2D eigenvalue weighted by atomic mass is 9.78. The Balaban J connectivity index is 1.66. The second kappa shape index (κ2) is 25.3. The Labute approximate surface area is 382 Å². The zero-order valence-electron chi connectivity index (χ0n) is 40.2. The second-order valence-electron chi connectivity index (χ2n) is 19.8. The summed E-state index contributed by atoms with van der Waals surface area (Å²) in [4.78, 5) is 71.7. The molecular formula is C50H81NO13. The summed E-state index contributed by atoms with van der Waals surface area (Å²) >= 11 is 0. The molecule has 1 saturated carbocycles. The van der Waals surface area contributed by atoms with Gasteiger partial charge in [0.15, 0.2) is 5.78 Å². The van der Waals surface area contributed by atoms with Crippen molar-refractivity contribution in [2.24, 2.45) is 35.5 Å². The van der Waals surface area contributed by atoms with Gasteiger partial charge in [-0.1, -0.05) is 65.7 Å². The smallest absolute Gasteiger partial charge is 0.329 e. The molecule has 1 amide bonds. The first-order chi connectivity index (χ1) is 30.3. The number of fused-ring (bicyclic) bond motifs is 3. The minimum Gasteiger partial charge on any atom is -0.460 e. The molecule has 1 aliphatic carbocycles. The first-order valence-electron chi connectivity index (χ1n) is 24.2. The molecule has 3 fully saturated rings. The quantitative estimate of drug-likeness (QED) is 0.154. The number of esters is 1. The summed E-state index contributed by atoms with van der Waals surface area (Å²) in [5, 5.41) is 33.8. The van der Waals surface area contributed by atoms with Gasteiger partial charge in [0.05, 0.1) is 24.4 Å². The highest BCUT2D eigenvalue weighted by atomic mass is 16.6. The molecule has 0 aromatic heterocycles. The van der Waals surface area contributed by atoms with Crippen molar-refractivity contribution in [1.29, 1.82) is 0 Å². The van der Waals surface area contributed by atoms with Crippen molar-refractivity contribution in [3.8, 4) is 0 Å². The molecule has 0 aromatic rings. The third-order valence-electron chi connectivity index (χ3n) is 14.7. The average molecular weight is 904 g/mol. The molecule has 4 aliphatic rings. The molecule has 2 bridgehead atoms. The predicted molar refractivity (Wildman–Crippen MR) is 241 cm³/mol. The van der Waals surface area contributed by atoms with Crippen LogP contribution in [-0.4, -0.2) is 132 Å². The predicted octanol–water partition coefficient (Wildman–Crippen LogP) is 6.24. The summed E-state index contributed by atoms with van der Waals surface area (Å²) < 4.78 is 29.3. The standard InChI is InChI=1S/C50H81NO13/c1-30-16-12-10-11-13-17-37(60-7)28-38-21-19-35(6)50(59,64-38)47(56)48(57)51-23-15-14-18-39(51)49(58)63-42(32(3)26-36-20-22-40(52)43(27-36)61-8)29-41(53)31(2)25-34(5)45(55)46(62-9)44(54)33(4)24-30/h13,17,25,30-33,35-40,42-43,45-46,52,55,59H,10-12,14-16,18-24,26-29H2,1-9H3/b17-13-,34-25-/t30-,31-,32-,33-,35-,36-,37-,38+,39+,40-,42+,43-,45-,46+,50-/m1/s1. The van der Waals surface area contributed by atoms with Gasteiger partial charge in [-0.25, -0.2) is 4.79 Å². The van der Waals surface area contributed by atoms with Crippen molar-refractivity contribution in [3.05, 3.63) is 23.8 Å². The van der Waals surface area contributed by atoms with Crippen LogP contribution in [0.3, 0.4) is 0 Å². The van der Waals surface area contributed by atoms with Crippen molar-refractivity contribution < 1.29 is 63.0 Å². The number of piperidine rings is 1. The van der Waals surface area contributed by atoms with E-state index in [4.69, 9.17) is 23.7 Å². The highest BCUT2D eigenvalue weighted by molar-refractivity contribution is 6.39. The van der Waals surface area contributed by atoms with Crippen LogP contribution in [0.5, 0.6) is 0 Å². The molecule has 2 saturated heterocycles. The largest absolute Gasteiger partial charge is 0.460 e. The molecule has 3 aliphatic heterocycles. The van der Waals surface area contributed by atoms with E-state index in [1.165, 1.54) is 12.0 Å². The fourth-order valence-corrected chi connectivity index (χ4v) is 10.4. The first-order valence-corrected chi connectivity index (χ1v) is 24.2. The summed E-state index contributed by atoms with van der Waals surface area (Å²) in [6.45, 7) is 11.0. The zero-order valence-corrected chi connectivity index (χ0v) is 40.2. The Morgan fingerprint density at radius 3 is 2.27 bits per heavy atom. The molecule has 0 radical (unpaired) electrons. The van der Waals surface area contributed by atoms with Gasteiger partial charge in [-0.05, 0) is 107 Å². The van der Waals surface area contributed by atoms with Gasteiger partial charge in [-0.15, -0.1) is 0 Å². The molecule has 14 nitrogen and oxygen atoms in total. The number of carbonyl (C=O) groups is 5. The van der Waals surface area contributed by atoms with Crippen LogP contribution in [0, 0.1) is 35.5 Å². The Bertz CT molecular complexity index is 1610. The van der Waals surface area contributed by atoms with E-state index < -0.39 is 71.8 Å². The third-order valence-corrected chi connectivity index (χ3v) is 14.7. The fraction of sp³-hybridized carbons (Fsp3) is 0.820. The number of nitrogens with zero attached hydrogens (tertiary/aromatic N) is 1. The maximum atomic E-state index is 14.3. The van der Waals surface area contributed by atoms with E-state index in [9.17, 15) is 39.3 Å². The van der Waals surface area contributed by atoms with Crippen LogP contribution in [0.4, 0.5) is 0 Å². The van der Waals surface area contributed by atoms with Gasteiger partial charge in [-0.2, -0.15) is 0 Å². The lowest BCUT2D eigenvalue weighted by Crippen LogP contribution is -2.60. The third kappa shape index (κ3) is 14.3. The number of Topliss-reactive ketones (excluding diaryl/α,β-unsaturated/α-hetero) is 3. The van der Waals surface area contributed by atoms with Crippen LogP contribution >= 0.6 is 0 Å². The van der Waals surface area contributed by atoms with Gasteiger partial charge in [0.2, 0.25) is 5.79 Å². The monoisotopic (exact) mass is 904 g/mol. The first kappa shape index (κ1) is 53.8. The normalized spacial score (nSPS) is 39.9. The summed E-state index contributed by atoms with van der Waals surface area (Å²) in [5.41, 5.74) is 0.409. The van der Waals surface area contributed by atoms with E-state index >= 15 is 0 Å². The highest BCUT2D eigenvalue weighted by Crippen LogP contribution is 2.37. The zero-order chi connectivity index (χ0) is 47.3. The SMILES string of the molecule is CO[C@@H]1/C=C\CCCC[C@@H](C)C[C@@H](C)C(=O)[C@H](OC)[C@H](O)/C(C)=C\[C@@H](C)C(=O)C[C@@H]([C@H](C)C[C@H]2CC[C@@H](O)[C@H](OC)C2)OC(=O)[C@@H]2CCCCN2C(=O)C(=O)[C@]2(O)O[C@@H](CC[C@H]2C)C1. The van der Waals surface area contributed by atoms with E-state index in [2.05, 4.69) is 13.0 Å². The molecule has 15 atom stereocenters. The number of aliphatic hydroxyl groups is 3. The van der Waals surface area contributed by atoms with Crippen molar-refractivity contribution >= 4 is 29.2 Å². The molecule has 0 aromatic carbocycles. The van der Waals surface area contributed by atoms with Crippen LogP contribution in [0.2, 0.25) is 0 Å². The minimum absolute atomic E-state index is 0.100. The Kier molecular flexibility index (Phi) is 21.3. The Morgan fingerprint density at radius 1 is 0.859 bits per heavy atom. The van der Waals surface area contributed by atoms with Crippen LogP contribution in [-0.2, 0) is 47.7 Å². The van der Waals surface area contributed by atoms with Crippen molar-refractivity contribution in [2.45, 2.75) is 199 Å². The number of ether oxygens (including phenoxy) is 5. The van der Waals surface area contributed by atoms with Crippen LogP contribution in [0.1, 0.15) is 144 Å². The molecule has 3 heterocycles. The number of aliphatic hydroxyl groups excluding tert-OH is 2. The van der Waals surface area contributed by atoms with Crippen molar-refractivity contribution in [2.75, 3.05) is 27.9 Å². The van der Waals surface area contributed by atoms with E-state index in [0.717, 1.165) is 32.1 Å².